The average molecular weight is 284 g/mol. The predicted octanol–water partition coefficient (Wildman–Crippen LogP) is 2.88. The van der Waals surface area contributed by atoms with Crippen molar-refractivity contribution in [2.24, 2.45) is 0 Å². The van der Waals surface area contributed by atoms with Gasteiger partial charge in [-0.2, -0.15) is 0 Å². The number of rotatable bonds is 3. The summed E-state index contributed by atoms with van der Waals surface area (Å²) in [6.07, 6.45) is 3.32. The molecule has 0 radical (unpaired) electrons. The number of pyridine rings is 1. The number of carbonyl (C=O) groups is 1. The number of nitrogens with zero attached hydrogens (tertiary/aromatic N) is 1. The lowest BCUT2D eigenvalue weighted by molar-refractivity contribution is 0.191. The Morgan fingerprint density at radius 1 is 1.33 bits per heavy atom. The molecule has 2 N–H and O–H groups in total. The minimum atomic E-state index is -0.992. The number of nitrogens with one attached hydrogen (secondary N) is 1. The number of hydrogen-bond donors (Lipinski definition) is 2. The Balaban J connectivity index is 1.96. The van der Waals surface area contributed by atoms with Crippen LogP contribution < -0.4 is 10.1 Å². The van der Waals surface area contributed by atoms with Crippen LogP contribution in [0.2, 0.25) is 0 Å². The highest BCUT2D eigenvalue weighted by Crippen LogP contribution is 2.40. The van der Waals surface area contributed by atoms with Crippen LogP contribution >= 0.6 is 0 Å². The van der Waals surface area contributed by atoms with Crippen molar-refractivity contribution in [2.45, 2.75) is 12.3 Å². The van der Waals surface area contributed by atoms with Crippen LogP contribution in [0.25, 0.3) is 11.1 Å². The predicted molar refractivity (Wildman–Crippen MR) is 78.6 cm³/mol. The monoisotopic (exact) mass is 284 g/mol. The van der Waals surface area contributed by atoms with E-state index in [4.69, 9.17) is 9.84 Å². The lowest BCUT2D eigenvalue weighted by Gasteiger charge is -2.27. The van der Waals surface area contributed by atoms with Gasteiger partial charge in [0.25, 0.3) is 0 Å². The zero-order valence-corrected chi connectivity index (χ0v) is 11.5. The SMILES string of the molecule is O=C(O)NC[C@H]1CCOc2c(-c3ccncc3)cccc21. The normalized spacial score (nSPS) is 16.7. The lowest BCUT2D eigenvalue weighted by Crippen LogP contribution is -2.29. The number of aromatic nitrogens is 1. The number of amides is 1. The highest BCUT2D eigenvalue weighted by atomic mass is 16.5. The number of carboxylic acid groups (broad SMARTS) is 1. The van der Waals surface area contributed by atoms with Gasteiger partial charge in [0.1, 0.15) is 5.75 Å². The molecule has 3 rings (SSSR count). The molecule has 1 aromatic heterocycles. The summed E-state index contributed by atoms with van der Waals surface area (Å²) in [5.74, 6) is 0.999. The molecule has 0 saturated heterocycles. The summed E-state index contributed by atoms with van der Waals surface area (Å²) in [5.41, 5.74) is 3.13. The van der Waals surface area contributed by atoms with Gasteiger partial charge in [-0.3, -0.25) is 4.98 Å². The molecule has 0 bridgehead atoms. The summed E-state index contributed by atoms with van der Waals surface area (Å²) in [6.45, 7) is 1.01. The summed E-state index contributed by atoms with van der Waals surface area (Å²) >= 11 is 0. The van der Waals surface area contributed by atoms with Crippen molar-refractivity contribution in [3.8, 4) is 16.9 Å². The fraction of sp³-hybridized carbons (Fsp3) is 0.250. The summed E-state index contributed by atoms with van der Waals surface area (Å²) < 4.78 is 5.85. The van der Waals surface area contributed by atoms with Crippen LogP contribution in [0.15, 0.2) is 42.7 Å². The third-order valence-corrected chi connectivity index (χ3v) is 3.69. The van der Waals surface area contributed by atoms with Crippen LogP contribution in [-0.2, 0) is 0 Å². The Morgan fingerprint density at radius 2 is 2.14 bits per heavy atom. The van der Waals surface area contributed by atoms with E-state index in [0.717, 1.165) is 28.9 Å². The third-order valence-electron chi connectivity index (χ3n) is 3.69. The highest BCUT2D eigenvalue weighted by Gasteiger charge is 2.24. The molecule has 1 atom stereocenters. The fourth-order valence-corrected chi connectivity index (χ4v) is 2.68. The molecule has 0 saturated carbocycles. The lowest BCUT2D eigenvalue weighted by atomic mass is 9.90. The van der Waals surface area contributed by atoms with E-state index in [1.807, 2.05) is 30.3 Å². The minimum Gasteiger partial charge on any atom is -0.493 e. The third kappa shape index (κ3) is 2.81. The zero-order valence-electron chi connectivity index (χ0n) is 11.5. The Hall–Kier alpha value is -2.56. The van der Waals surface area contributed by atoms with E-state index in [1.54, 1.807) is 12.4 Å². The van der Waals surface area contributed by atoms with Gasteiger partial charge in [0, 0.05) is 30.4 Å². The van der Waals surface area contributed by atoms with E-state index in [9.17, 15) is 4.79 Å². The minimum absolute atomic E-state index is 0.145. The van der Waals surface area contributed by atoms with Crippen molar-refractivity contribution in [2.75, 3.05) is 13.2 Å². The van der Waals surface area contributed by atoms with Crippen molar-refractivity contribution in [1.82, 2.24) is 10.3 Å². The molecule has 0 aliphatic carbocycles. The molecule has 1 aliphatic heterocycles. The first-order valence-electron chi connectivity index (χ1n) is 6.88. The second kappa shape index (κ2) is 5.83. The molecule has 108 valence electrons. The first kappa shape index (κ1) is 13.4. The molecule has 0 unspecified atom stereocenters. The largest absolute Gasteiger partial charge is 0.493 e. The van der Waals surface area contributed by atoms with Crippen LogP contribution in [0.1, 0.15) is 17.9 Å². The summed E-state index contributed by atoms with van der Waals surface area (Å²) in [5, 5.41) is 11.2. The Labute approximate surface area is 122 Å². The fourth-order valence-electron chi connectivity index (χ4n) is 2.68. The second-order valence-electron chi connectivity index (χ2n) is 4.98. The van der Waals surface area contributed by atoms with Crippen LogP contribution in [0.3, 0.4) is 0 Å². The molecule has 0 spiro atoms. The Kier molecular flexibility index (Phi) is 3.73. The van der Waals surface area contributed by atoms with E-state index in [2.05, 4.69) is 10.3 Å². The Morgan fingerprint density at radius 3 is 2.90 bits per heavy atom. The molecule has 1 aliphatic rings. The molecule has 2 aromatic rings. The second-order valence-corrected chi connectivity index (χ2v) is 4.98. The number of hydrogen-bond acceptors (Lipinski definition) is 3. The number of para-hydroxylation sites is 1. The first-order chi connectivity index (χ1) is 10.3. The molecular formula is C16H16N2O3. The van der Waals surface area contributed by atoms with Gasteiger partial charge in [0.15, 0.2) is 0 Å². The topological polar surface area (TPSA) is 71.5 Å². The maximum Gasteiger partial charge on any atom is 0.404 e. The average Bonchev–Trinajstić information content (AvgIpc) is 2.53. The van der Waals surface area contributed by atoms with Gasteiger partial charge in [-0.1, -0.05) is 18.2 Å². The van der Waals surface area contributed by atoms with Crippen LogP contribution in [0, 0.1) is 0 Å². The van der Waals surface area contributed by atoms with Gasteiger partial charge < -0.3 is 15.2 Å². The first-order valence-corrected chi connectivity index (χ1v) is 6.88. The number of benzene rings is 1. The van der Waals surface area contributed by atoms with Crippen LogP contribution in [0.5, 0.6) is 5.75 Å². The molecule has 0 fully saturated rings. The van der Waals surface area contributed by atoms with E-state index < -0.39 is 6.09 Å². The molecule has 21 heavy (non-hydrogen) atoms. The van der Waals surface area contributed by atoms with E-state index in [-0.39, 0.29) is 5.92 Å². The molecule has 5 heteroatoms. The van der Waals surface area contributed by atoms with Crippen molar-refractivity contribution in [3.63, 3.8) is 0 Å². The van der Waals surface area contributed by atoms with Crippen molar-refractivity contribution >= 4 is 6.09 Å². The summed E-state index contributed by atoms with van der Waals surface area (Å²) in [7, 11) is 0. The number of fused-ring (bicyclic) bond motifs is 1. The maximum absolute atomic E-state index is 10.7. The van der Waals surface area contributed by atoms with E-state index in [0.29, 0.717) is 13.2 Å². The van der Waals surface area contributed by atoms with Crippen LogP contribution in [-0.4, -0.2) is 29.3 Å². The maximum atomic E-state index is 10.7. The zero-order chi connectivity index (χ0) is 14.7. The molecule has 5 nitrogen and oxygen atoms in total. The molecule has 1 amide bonds. The molecule has 2 heterocycles. The van der Waals surface area contributed by atoms with Crippen LogP contribution in [0.4, 0.5) is 4.79 Å². The Bertz CT molecular complexity index is 643. The smallest absolute Gasteiger partial charge is 0.404 e. The van der Waals surface area contributed by atoms with E-state index in [1.165, 1.54) is 0 Å². The molecular weight excluding hydrogens is 268 g/mol. The number of ether oxygens (including phenoxy) is 1. The van der Waals surface area contributed by atoms with Crippen molar-refractivity contribution < 1.29 is 14.6 Å². The van der Waals surface area contributed by atoms with Crippen molar-refractivity contribution in [1.29, 1.82) is 0 Å². The summed E-state index contributed by atoms with van der Waals surface area (Å²) in [4.78, 5) is 14.7. The van der Waals surface area contributed by atoms with Crippen molar-refractivity contribution in [3.05, 3.63) is 48.3 Å². The summed E-state index contributed by atoms with van der Waals surface area (Å²) in [6, 6.07) is 9.89. The van der Waals surface area contributed by atoms with Gasteiger partial charge in [-0.05, 0) is 29.7 Å². The quantitative estimate of drug-likeness (QED) is 0.909. The highest BCUT2D eigenvalue weighted by molar-refractivity contribution is 5.72. The van der Waals surface area contributed by atoms with Gasteiger partial charge in [0.05, 0.1) is 6.61 Å². The van der Waals surface area contributed by atoms with E-state index >= 15 is 0 Å². The molecule has 1 aromatic carbocycles. The van der Waals surface area contributed by atoms with Gasteiger partial charge in [0.2, 0.25) is 0 Å². The van der Waals surface area contributed by atoms with Gasteiger partial charge in [-0.25, -0.2) is 4.79 Å². The standard InChI is InChI=1S/C16H16N2O3/c19-16(20)18-10-12-6-9-21-15-13(2-1-3-14(12)15)11-4-7-17-8-5-11/h1-5,7-8,12,18H,6,9-10H2,(H,19,20)/t12-/m1/s1. The van der Waals surface area contributed by atoms with Gasteiger partial charge in [-0.15, -0.1) is 0 Å². The van der Waals surface area contributed by atoms with Gasteiger partial charge >= 0.3 is 6.09 Å².